The number of hydrogen-bond acceptors (Lipinski definition) is 2. The van der Waals surface area contributed by atoms with Crippen LogP contribution in [0.25, 0.3) is 0 Å². The molecule has 0 amide bonds. The number of hydrogen-bond donors (Lipinski definition) is 2. The molecule has 19 heavy (non-hydrogen) atoms. The molecule has 0 saturated heterocycles. The predicted molar refractivity (Wildman–Crippen MR) is 79.7 cm³/mol. The molecule has 6 heteroatoms. The highest BCUT2D eigenvalue weighted by Crippen LogP contribution is 2.27. The van der Waals surface area contributed by atoms with Gasteiger partial charge in [0, 0.05) is 15.7 Å². The number of nitrogens with one attached hydrogen (secondary N) is 1. The van der Waals surface area contributed by atoms with Gasteiger partial charge in [-0.05, 0) is 30.3 Å². The average molecular weight is 343 g/mol. The first-order valence-corrected chi connectivity index (χ1v) is 6.49. The summed E-state index contributed by atoms with van der Waals surface area (Å²) in [5, 5.41) is 2.79. The molecule has 0 spiro atoms. The Balaban J connectivity index is 2.45. The SMILES string of the molecule is NC(=S)c1ccc(Br)cc1Nc1cccc(F)c1F. The molecular weight excluding hydrogens is 334 g/mol. The second-order valence-corrected chi connectivity index (χ2v) is 5.14. The summed E-state index contributed by atoms with van der Waals surface area (Å²) in [7, 11) is 0. The van der Waals surface area contributed by atoms with E-state index in [1.807, 2.05) is 0 Å². The summed E-state index contributed by atoms with van der Waals surface area (Å²) in [6.07, 6.45) is 0. The van der Waals surface area contributed by atoms with Gasteiger partial charge in [-0.2, -0.15) is 0 Å². The minimum Gasteiger partial charge on any atom is -0.389 e. The summed E-state index contributed by atoms with van der Waals surface area (Å²) in [6.45, 7) is 0. The topological polar surface area (TPSA) is 38.0 Å². The van der Waals surface area contributed by atoms with Crippen LogP contribution in [0.2, 0.25) is 0 Å². The van der Waals surface area contributed by atoms with Gasteiger partial charge in [-0.3, -0.25) is 0 Å². The fourth-order valence-electron chi connectivity index (χ4n) is 1.58. The Morgan fingerprint density at radius 1 is 1.16 bits per heavy atom. The van der Waals surface area contributed by atoms with Crippen molar-refractivity contribution in [3.63, 3.8) is 0 Å². The van der Waals surface area contributed by atoms with E-state index in [9.17, 15) is 8.78 Å². The largest absolute Gasteiger partial charge is 0.389 e. The Hall–Kier alpha value is -1.53. The van der Waals surface area contributed by atoms with Crippen molar-refractivity contribution >= 4 is 44.5 Å². The summed E-state index contributed by atoms with van der Waals surface area (Å²) < 4.78 is 27.5. The van der Waals surface area contributed by atoms with Crippen LogP contribution in [0.1, 0.15) is 5.56 Å². The Bertz CT molecular complexity index is 647. The van der Waals surface area contributed by atoms with Crippen LogP contribution in [-0.2, 0) is 0 Å². The highest BCUT2D eigenvalue weighted by molar-refractivity contribution is 9.10. The second-order valence-electron chi connectivity index (χ2n) is 3.78. The van der Waals surface area contributed by atoms with E-state index >= 15 is 0 Å². The van der Waals surface area contributed by atoms with E-state index < -0.39 is 11.6 Å². The zero-order valence-corrected chi connectivity index (χ0v) is 12.0. The van der Waals surface area contributed by atoms with Crippen molar-refractivity contribution < 1.29 is 8.78 Å². The van der Waals surface area contributed by atoms with Crippen molar-refractivity contribution in [1.29, 1.82) is 0 Å². The molecule has 0 heterocycles. The lowest BCUT2D eigenvalue weighted by Gasteiger charge is -2.12. The molecule has 0 fully saturated rings. The third kappa shape index (κ3) is 3.08. The third-order valence-electron chi connectivity index (χ3n) is 2.47. The van der Waals surface area contributed by atoms with Crippen molar-refractivity contribution in [3.8, 4) is 0 Å². The minimum absolute atomic E-state index is 0.0237. The minimum atomic E-state index is -0.948. The molecule has 0 unspecified atom stereocenters. The standard InChI is InChI=1S/C13H9BrF2N2S/c14-7-4-5-8(13(17)19)11(6-7)18-10-3-1-2-9(15)12(10)16/h1-6,18H,(H2,17,19). The smallest absolute Gasteiger partial charge is 0.182 e. The molecule has 0 aliphatic heterocycles. The Morgan fingerprint density at radius 3 is 2.58 bits per heavy atom. The Kier molecular flexibility index (Phi) is 4.11. The maximum Gasteiger partial charge on any atom is 0.182 e. The van der Waals surface area contributed by atoms with E-state index in [2.05, 4.69) is 21.2 Å². The molecule has 0 aromatic heterocycles. The second kappa shape index (κ2) is 5.63. The molecule has 2 aromatic rings. The van der Waals surface area contributed by atoms with Gasteiger partial charge in [-0.1, -0.05) is 34.2 Å². The van der Waals surface area contributed by atoms with E-state index in [4.69, 9.17) is 18.0 Å². The van der Waals surface area contributed by atoms with Crippen LogP contribution < -0.4 is 11.1 Å². The molecule has 2 nitrogen and oxygen atoms in total. The highest BCUT2D eigenvalue weighted by atomic mass is 79.9. The third-order valence-corrected chi connectivity index (χ3v) is 3.18. The van der Waals surface area contributed by atoms with E-state index in [0.29, 0.717) is 11.3 Å². The molecule has 0 aliphatic carbocycles. The van der Waals surface area contributed by atoms with Gasteiger partial charge in [-0.15, -0.1) is 0 Å². The molecule has 2 rings (SSSR count). The maximum atomic E-state index is 13.6. The van der Waals surface area contributed by atoms with E-state index in [1.165, 1.54) is 12.1 Å². The van der Waals surface area contributed by atoms with Crippen LogP contribution in [0.3, 0.4) is 0 Å². The molecule has 0 atom stereocenters. The first kappa shape index (κ1) is 13.9. The first-order chi connectivity index (χ1) is 8.99. The quantitative estimate of drug-likeness (QED) is 0.824. The molecule has 0 saturated carbocycles. The lowest BCUT2D eigenvalue weighted by atomic mass is 10.1. The van der Waals surface area contributed by atoms with E-state index in [1.54, 1.807) is 18.2 Å². The number of benzene rings is 2. The fourth-order valence-corrected chi connectivity index (χ4v) is 2.12. The van der Waals surface area contributed by atoms with Gasteiger partial charge < -0.3 is 11.1 Å². The van der Waals surface area contributed by atoms with Crippen molar-refractivity contribution in [2.24, 2.45) is 5.73 Å². The Morgan fingerprint density at radius 2 is 1.89 bits per heavy atom. The van der Waals surface area contributed by atoms with Gasteiger partial charge in [0.15, 0.2) is 11.6 Å². The lowest BCUT2D eigenvalue weighted by molar-refractivity contribution is 0.512. The molecule has 0 radical (unpaired) electrons. The van der Waals surface area contributed by atoms with E-state index in [0.717, 1.165) is 10.5 Å². The molecular formula is C13H9BrF2N2S. The van der Waals surface area contributed by atoms with Gasteiger partial charge >= 0.3 is 0 Å². The van der Waals surface area contributed by atoms with Crippen molar-refractivity contribution in [3.05, 3.63) is 58.1 Å². The van der Waals surface area contributed by atoms with Crippen LogP contribution in [0.15, 0.2) is 40.9 Å². The number of thiocarbonyl (C=S) groups is 1. The van der Waals surface area contributed by atoms with Crippen LogP contribution in [0, 0.1) is 11.6 Å². The molecule has 0 bridgehead atoms. The van der Waals surface area contributed by atoms with Gasteiger partial charge in [0.2, 0.25) is 0 Å². The maximum absolute atomic E-state index is 13.6. The molecule has 0 aliphatic rings. The van der Waals surface area contributed by atoms with Gasteiger partial charge in [0.25, 0.3) is 0 Å². The molecule has 98 valence electrons. The average Bonchev–Trinajstić information content (AvgIpc) is 2.35. The van der Waals surface area contributed by atoms with Crippen LogP contribution in [0.4, 0.5) is 20.2 Å². The predicted octanol–water partition coefficient (Wildman–Crippen LogP) is 4.11. The summed E-state index contributed by atoms with van der Waals surface area (Å²) in [5.41, 5.74) is 6.68. The first-order valence-electron chi connectivity index (χ1n) is 5.29. The summed E-state index contributed by atoms with van der Waals surface area (Å²) in [4.78, 5) is 0.173. The fraction of sp³-hybridized carbons (Fsp3) is 0. The normalized spacial score (nSPS) is 10.3. The van der Waals surface area contributed by atoms with Crippen molar-refractivity contribution in [2.45, 2.75) is 0 Å². The summed E-state index contributed by atoms with van der Waals surface area (Å²) in [6, 6.07) is 9.06. The monoisotopic (exact) mass is 342 g/mol. The van der Waals surface area contributed by atoms with Crippen LogP contribution in [-0.4, -0.2) is 4.99 Å². The van der Waals surface area contributed by atoms with Gasteiger partial charge in [-0.25, -0.2) is 8.78 Å². The molecule has 2 aromatic carbocycles. The number of anilines is 2. The number of nitrogens with two attached hydrogens (primary N) is 1. The summed E-state index contributed by atoms with van der Waals surface area (Å²) >= 11 is 8.22. The number of rotatable bonds is 3. The molecule has 3 N–H and O–H groups in total. The van der Waals surface area contributed by atoms with Gasteiger partial charge in [0.1, 0.15) is 4.99 Å². The zero-order chi connectivity index (χ0) is 14.0. The van der Waals surface area contributed by atoms with E-state index in [-0.39, 0.29) is 10.7 Å². The van der Waals surface area contributed by atoms with Crippen molar-refractivity contribution in [1.82, 2.24) is 0 Å². The van der Waals surface area contributed by atoms with Crippen LogP contribution in [0.5, 0.6) is 0 Å². The number of halogens is 3. The highest BCUT2D eigenvalue weighted by Gasteiger charge is 2.11. The Labute approximate surface area is 122 Å². The lowest BCUT2D eigenvalue weighted by Crippen LogP contribution is -2.12. The van der Waals surface area contributed by atoms with Gasteiger partial charge in [0.05, 0.1) is 5.69 Å². The van der Waals surface area contributed by atoms with Crippen molar-refractivity contribution in [2.75, 3.05) is 5.32 Å². The summed E-state index contributed by atoms with van der Waals surface area (Å²) in [5.74, 6) is -1.87. The van der Waals surface area contributed by atoms with Crippen LogP contribution >= 0.6 is 28.1 Å². The zero-order valence-electron chi connectivity index (χ0n) is 9.58.